The topological polar surface area (TPSA) is 23.5 Å². The van der Waals surface area contributed by atoms with Gasteiger partial charge >= 0.3 is 0 Å². The largest absolute Gasteiger partial charge is 0.392 e. The smallest absolute Gasteiger partial charge is 0.0681 e. The van der Waals surface area contributed by atoms with Crippen LogP contribution in [-0.4, -0.2) is 18.2 Å². The van der Waals surface area contributed by atoms with Gasteiger partial charge in [-0.25, -0.2) is 0 Å². The van der Waals surface area contributed by atoms with Crippen LogP contribution in [0.3, 0.4) is 0 Å². The molecule has 2 fully saturated rings. The second-order valence-electron chi connectivity index (χ2n) is 5.86. The minimum Gasteiger partial charge on any atom is -0.392 e. The first kappa shape index (κ1) is 12.0. The molecule has 2 heteroatoms. The first-order valence-electron chi connectivity index (χ1n) is 7.31. The number of hydrogen-bond donors (Lipinski definition) is 1. The summed E-state index contributed by atoms with van der Waals surface area (Å²) in [7, 11) is 0. The van der Waals surface area contributed by atoms with Gasteiger partial charge < -0.3 is 10.0 Å². The number of piperidine rings is 1. The number of rotatable bonds is 2. The Kier molecular flexibility index (Phi) is 3.55. The molecule has 0 radical (unpaired) electrons. The molecule has 0 aromatic heterocycles. The van der Waals surface area contributed by atoms with Crippen molar-refractivity contribution < 1.29 is 5.11 Å². The zero-order chi connectivity index (χ0) is 12.4. The van der Waals surface area contributed by atoms with Crippen LogP contribution in [0.2, 0.25) is 0 Å². The summed E-state index contributed by atoms with van der Waals surface area (Å²) in [5.74, 6) is 1.91. The van der Waals surface area contributed by atoms with Gasteiger partial charge in [-0.15, -0.1) is 0 Å². The van der Waals surface area contributed by atoms with E-state index in [4.69, 9.17) is 5.11 Å². The lowest BCUT2D eigenvalue weighted by atomic mass is 9.75. The average molecular weight is 245 g/mol. The van der Waals surface area contributed by atoms with Gasteiger partial charge in [-0.05, 0) is 42.4 Å². The highest BCUT2D eigenvalue weighted by Crippen LogP contribution is 2.37. The first-order chi connectivity index (χ1) is 8.86. The maximum atomic E-state index is 9.08. The van der Waals surface area contributed by atoms with Gasteiger partial charge in [0.2, 0.25) is 0 Å². The molecule has 1 saturated heterocycles. The lowest BCUT2D eigenvalue weighted by molar-refractivity contribution is 0.202. The molecule has 2 nitrogen and oxygen atoms in total. The Labute approximate surface area is 110 Å². The summed E-state index contributed by atoms with van der Waals surface area (Å²) >= 11 is 0. The van der Waals surface area contributed by atoms with Gasteiger partial charge in [0.1, 0.15) is 0 Å². The third-order valence-electron chi connectivity index (χ3n) is 4.78. The number of anilines is 1. The fraction of sp³-hybridized carbons (Fsp3) is 0.625. The molecular weight excluding hydrogens is 222 g/mol. The molecule has 2 unspecified atom stereocenters. The molecule has 18 heavy (non-hydrogen) atoms. The molecule has 1 aromatic carbocycles. The van der Waals surface area contributed by atoms with E-state index in [2.05, 4.69) is 17.0 Å². The van der Waals surface area contributed by atoms with E-state index >= 15 is 0 Å². The molecule has 2 aliphatic rings. The fourth-order valence-electron chi connectivity index (χ4n) is 3.65. The van der Waals surface area contributed by atoms with Crippen LogP contribution in [-0.2, 0) is 6.61 Å². The maximum Gasteiger partial charge on any atom is 0.0681 e. The molecule has 98 valence electrons. The molecule has 1 aliphatic heterocycles. The number of aliphatic hydroxyl groups is 1. The van der Waals surface area contributed by atoms with Crippen LogP contribution in [0.4, 0.5) is 5.69 Å². The zero-order valence-corrected chi connectivity index (χ0v) is 11.0. The van der Waals surface area contributed by atoms with Gasteiger partial charge in [0.15, 0.2) is 0 Å². The molecule has 0 amide bonds. The van der Waals surface area contributed by atoms with Crippen LogP contribution in [0, 0.1) is 11.8 Å². The van der Waals surface area contributed by atoms with Crippen LogP contribution in [0.1, 0.15) is 37.7 Å². The molecule has 1 aromatic rings. The minimum absolute atomic E-state index is 0.144. The number of fused-ring (bicyclic) bond motifs is 1. The Bertz CT molecular complexity index is 387. The maximum absolute atomic E-state index is 9.08. The summed E-state index contributed by atoms with van der Waals surface area (Å²) in [6, 6.07) is 8.41. The van der Waals surface area contributed by atoms with Crippen molar-refractivity contribution in [3.05, 3.63) is 29.8 Å². The Morgan fingerprint density at radius 3 is 2.44 bits per heavy atom. The van der Waals surface area contributed by atoms with Crippen LogP contribution in [0.25, 0.3) is 0 Å². The van der Waals surface area contributed by atoms with E-state index in [1.54, 1.807) is 0 Å². The van der Waals surface area contributed by atoms with Crippen molar-refractivity contribution in [1.29, 1.82) is 0 Å². The second kappa shape index (κ2) is 5.31. The van der Waals surface area contributed by atoms with E-state index in [-0.39, 0.29) is 6.61 Å². The lowest BCUT2D eigenvalue weighted by Gasteiger charge is -2.42. The molecule has 1 heterocycles. The summed E-state index contributed by atoms with van der Waals surface area (Å²) in [5, 5.41) is 9.08. The van der Waals surface area contributed by atoms with Crippen molar-refractivity contribution in [2.45, 2.75) is 38.7 Å². The van der Waals surface area contributed by atoms with Crippen molar-refractivity contribution in [3.63, 3.8) is 0 Å². The van der Waals surface area contributed by atoms with Gasteiger partial charge in [0.25, 0.3) is 0 Å². The van der Waals surface area contributed by atoms with E-state index in [0.717, 1.165) is 17.4 Å². The molecule has 2 atom stereocenters. The first-order valence-corrected chi connectivity index (χ1v) is 7.31. The summed E-state index contributed by atoms with van der Waals surface area (Å²) in [6.07, 6.45) is 7.13. The Balaban J connectivity index is 1.69. The molecule has 1 N–H and O–H groups in total. The SMILES string of the molecule is OCc1ccc(N2CCC3CCCCC3C2)cc1. The predicted octanol–water partition coefficient (Wildman–Crippen LogP) is 3.20. The summed E-state index contributed by atoms with van der Waals surface area (Å²) < 4.78 is 0. The van der Waals surface area contributed by atoms with Crippen molar-refractivity contribution >= 4 is 5.69 Å². The van der Waals surface area contributed by atoms with Crippen LogP contribution < -0.4 is 4.90 Å². The van der Waals surface area contributed by atoms with Gasteiger partial charge in [-0.3, -0.25) is 0 Å². The predicted molar refractivity (Wildman–Crippen MR) is 74.6 cm³/mol. The molecule has 0 bridgehead atoms. The van der Waals surface area contributed by atoms with Crippen molar-refractivity contribution in [2.24, 2.45) is 11.8 Å². The quantitative estimate of drug-likeness (QED) is 0.865. The van der Waals surface area contributed by atoms with E-state index in [0.29, 0.717) is 0 Å². The van der Waals surface area contributed by atoms with Crippen molar-refractivity contribution in [1.82, 2.24) is 0 Å². The number of nitrogens with zero attached hydrogens (tertiary/aromatic N) is 1. The highest BCUT2D eigenvalue weighted by atomic mass is 16.3. The monoisotopic (exact) mass is 245 g/mol. The second-order valence-corrected chi connectivity index (χ2v) is 5.86. The highest BCUT2D eigenvalue weighted by Gasteiger charge is 2.30. The normalized spacial score (nSPS) is 27.9. The number of hydrogen-bond acceptors (Lipinski definition) is 2. The third kappa shape index (κ3) is 2.39. The Morgan fingerprint density at radius 1 is 1.00 bits per heavy atom. The van der Waals surface area contributed by atoms with Crippen molar-refractivity contribution in [2.75, 3.05) is 18.0 Å². The van der Waals surface area contributed by atoms with E-state index in [1.165, 1.54) is 50.9 Å². The van der Waals surface area contributed by atoms with Gasteiger partial charge in [-0.2, -0.15) is 0 Å². The number of aliphatic hydroxyl groups excluding tert-OH is 1. The highest BCUT2D eigenvalue weighted by molar-refractivity contribution is 5.48. The standard InChI is InChI=1S/C16H23NO/c18-12-13-5-7-16(8-6-13)17-10-9-14-3-1-2-4-15(14)11-17/h5-8,14-15,18H,1-4,9-12H2. The van der Waals surface area contributed by atoms with Gasteiger partial charge in [0, 0.05) is 18.8 Å². The lowest BCUT2D eigenvalue weighted by Crippen LogP contribution is -2.41. The molecule has 1 aliphatic carbocycles. The summed E-state index contributed by atoms with van der Waals surface area (Å²) in [6.45, 7) is 2.59. The fourth-order valence-corrected chi connectivity index (χ4v) is 3.65. The molecule has 0 spiro atoms. The van der Waals surface area contributed by atoms with E-state index in [1.807, 2.05) is 12.1 Å². The van der Waals surface area contributed by atoms with Crippen molar-refractivity contribution in [3.8, 4) is 0 Å². The summed E-state index contributed by atoms with van der Waals surface area (Å²) in [5.41, 5.74) is 2.34. The van der Waals surface area contributed by atoms with Crippen LogP contribution in [0.15, 0.2) is 24.3 Å². The minimum atomic E-state index is 0.144. The van der Waals surface area contributed by atoms with E-state index in [9.17, 15) is 0 Å². The van der Waals surface area contributed by atoms with Crippen LogP contribution >= 0.6 is 0 Å². The summed E-state index contributed by atoms with van der Waals surface area (Å²) in [4.78, 5) is 2.54. The Hall–Kier alpha value is -1.02. The van der Waals surface area contributed by atoms with E-state index < -0.39 is 0 Å². The number of benzene rings is 1. The zero-order valence-electron chi connectivity index (χ0n) is 11.0. The Morgan fingerprint density at radius 2 is 1.72 bits per heavy atom. The third-order valence-corrected chi connectivity index (χ3v) is 4.78. The molecular formula is C16H23NO. The van der Waals surface area contributed by atoms with Gasteiger partial charge in [0.05, 0.1) is 6.61 Å². The van der Waals surface area contributed by atoms with Gasteiger partial charge in [-0.1, -0.05) is 31.4 Å². The molecule has 1 saturated carbocycles. The average Bonchev–Trinajstić information content (AvgIpc) is 2.47. The van der Waals surface area contributed by atoms with Crippen LogP contribution in [0.5, 0.6) is 0 Å². The molecule has 3 rings (SSSR count).